The summed E-state index contributed by atoms with van der Waals surface area (Å²) < 4.78 is 22.6. The van der Waals surface area contributed by atoms with Crippen LogP contribution in [0.4, 0.5) is 0 Å². The molecule has 6 atom stereocenters. The highest BCUT2D eigenvalue weighted by Crippen LogP contribution is 2.22. The van der Waals surface area contributed by atoms with Gasteiger partial charge in [-0.25, -0.2) is 0 Å². The number of rotatable bonds is 30. The van der Waals surface area contributed by atoms with Crippen molar-refractivity contribution >= 4 is 5.97 Å². The molecule has 9 nitrogen and oxygen atoms in total. The van der Waals surface area contributed by atoms with Gasteiger partial charge in [0.15, 0.2) is 6.29 Å². The van der Waals surface area contributed by atoms with Gasteiger partial charge in [0.05, 0.1) is 19.8 Å². The summed E-state index contributed by atoms with van der Waals surface area (Å²) >= 11 is 0. The minimum Gasteiger partial charge on any atom is -0.457 e. The van der Waals surface area contributed by atoms with Crippen LogP contribution in [-0.4, -0.2) is 89.6 Å². The van der Waals surface area contributed by atoms with Crippen LogP contribution in [0.5, 0.6) is 0 Å². The Labute approximate surface area is 285 Å². The van der Waals surface area contributed by atoms with Crippen LogP contribution >= 0.6 is 0 Å². The van der Waals surface area contributed by atoms with Gasteiger partial charge in [0.25, 0.3) is 0 Å². The van der Waals surface area contributed by atoms with Crippen LogP contribution in [0.15, 0.2) is 36.5 Å². The van der Waals surface area contributed by atoms with Crippen molar-refractivity contribution in [1.29, 1.82) is 0 Å². The number of allylic oxidation sites excluding steroid dienone is 6. The second-order valence-corrected chi connectivity index (χ2v) is 12.7. The molecule has 1 saturated heterocycles. The van der Waals surface area contributed by atoms with Crippen molar-refractivity contribution in [1.82, 2.24) is 0 Å². The zero-order valence-electron chi connectivity index (χ0n) is 29.5. The number of carbonyl (C=O) groups is 1. The molecule has 1 heterocycles. The molecule has 1 rings (SSSR count). The zero-order valence-corrected chi connectivity index (χ0v) is 29.5. The van der Waals surface area contributed by atoms with E-state index >= 15 is 0 Å². The van der Waals surface area contributed by atoms with E-state index in [9.17, 15) is 25.2 Å². The molecule has 0 aromatic heterocycles. The van der Waals surface area contributed by atoms with Gasteiger partial charge >= 0.3 is 5.97 Å². The van der Waals surface area contributed by atoms with Crippen LogP contribution in [-0.2, 0) is 23.7 Å². The number of ether oxygens (including phenoxy) is 4. The van der Waals surface area contributed by atoms with Gasteiger partial charge < -0.3 is 39.4 Å². The van der Waals surface area contributed by atoms with Crippen molar-refractivity contribution < 1.29 is 44.2 Å². The monoisotopic (exact) mass is 668 g/mol. The molecule has 0 bridgehead atoms. The predicted octanol–water partition coefficient (Wildman–Crippen LogP) is 6.85. The standard InChI is InChI=1S/C38H68O9/c1-3-5-7-9-11-13-15-16-17-18-20-22-24-26-28-44-30-32(31-45-38-37(43)36(42)35(41)33(29-39)47-38)46-34(40)27-25-23-21-19-14-12-10-8-6-4-2/h7-10,13,15,32-33,35-39,41-43H,3-6,11-12,14,16-31H2,1-2H3/b9-7-,10-8-,15-13-. The largest absolute Gasteiger partial charge is 0.457 e. The van der Waals surface area contributed by atoms with E-state index in [1.165, 1.54) is 32.1 Å². The quantitative estimate of drug-likeness (QED) is 0.0368. The molecule has 0 aromatic rings. The number of hydrogen-bond donors (Lipinski definition) is 4. The smallest absolute Gasteiger partial charge is 0.306 e. The van der Waals surface area contributed by atoms with Crippen molar-refractivity contribution in [3.8, 4) is 0 Å². The highest BCUT2D eigenvalue weighted by Gasteiger charge is 2.44. The van der Waals surface area contributed by atoms with Crippen LogP contribution < -0.4 is 0 Å². The van der Waals surface area contributed by atoms with Crippen LogP contribution in [0.2, 0.25) is 0 Å². The summed E-state index contributed by atoms with van der Waals surface area (Å²) in [5.74, 6) is -0.332. The fraction of sp³-hybridized carbons (Fsp3) is 0.816. The first kappa shape index (κ1) is 43.4. The number of unbranched alkanes of at least 4 members (excludes halogenated alkanes) is 13. The van der Waals surface area contributed by atoms with E-state index in [1.807, 2.05) is 0 Å². The van der Waals surface area contributed by atoms with Gasteiger partial charge in [0.2, 0.25) is 0 Å². The third kappa shape index (κ3) is 22.6. The first-order chi connectivity index (χ1) is 22.9. The fourth-order valence-corrected chi connectivity index (χ4v) is 5.29. The summed E-state index contributed by atoms with van der Waals surface area (Å²) in [4.78, 5) is 12.6. The molecule has 0 spiro atoms. The van der Waals surface area contributed by atoms with Crippen LogP contribution in [0.1, 0.15) is 136 Å². The molecule has 6 unspecified atom stereocenters. The Morgan fingerprint density at radius 2 is 1.23 bits per heavy atom. The molecule has 1 fully saturated rings. The second-order valence-electron chi connectivity index (χ2n) is 12.7. The number of aliphatic hydroxyl groups excluding tert-OH is 4. The lowest BCUT2D eigenvalue weighted by molar-refractivity contribution is -0.305. The van der Waals surface area contributed by atoms with Gasteiger partial charge in [-0.05, 0) is 57.8 Å². The highest BCUT2D eigenvalue weighted by atomic mass is 16.7. The Balaban J connectivity index is 2.35. The molecule has 0 saturated carbocycles. The first-order valence-electron chi connectivity index (χ1n) is 18.6. The van der Waals surface area contributed by atoms with E-state index in [-0.39, 0.29) is 19.2 Å². The van der Waals surface area contributed by atoms with Crippen LogP contribution in [0.25, 0.3) is 0 Å². The van der Waals surface area contributed by atoms with Crippen LogP contribution in [0, 0.1) is 0 Å². The SMILES string of the molecule is CCC/C=C\C/C=C\CCCCCCCCOCC(COC1OC(CO)C(O)C(O)C1O)OC(=O)CCCCCCC/C=C\CCC. The minimum absolute atomic E-state index is 0.122. The van der Waals surface area contributed by atoms with Gasteiger partial charge in [-0.3, -0.25) is 4.79 Å². The average molecular weight is 669 g/mol. The molecule has 0 radical (unpaired) electrons. The topological polar surface area (TPSA) is 135 Å². The van der Waals surface area contributed by atoms with E-state index in [4.69, 9.17) is 18.9 Å². The normalized spacial score (nSPS) is 22.6. The van der Waals surface area contributed by atoms with Gasteiger partial charge in [0, 0.05) is 13.0 Å². The van der Waals surface area contributed by atoms with Crippen molar-refractivity contribution in [2.24, 2.45) is 0 Å². The Kier molecular flexibility index (Phi) is 28.2. The van der Waals surface area contributed by atoms with Crippen LogP contribution in [0.3, 0.4) is 0 Å². The molecular weight excluding hydrogens is 600 g/mol. The first-order valence-corrected chi connectivity index (χ1v) is 18.6. The second kappa shape index (κ2) is 30.5. The van der Waals surface area contributed by atoms with E-state index in [0.717, 1.165) is 83.5 Å². The molecular formula is C38H68O9. The zero-order chi connectivity index (χ0) is 34.4. The molecule has 4 N–H and O–H groups in total. The maximum atomic E-state index is 12.6. The van der Waals surface area contributed by atoms with E-state index in [2.05, 4.69) is 50.3 Å². The van der Waals surface area contributed by atoms with Gasteiger partial charge in [-0.1, -0.05) is 108 Å². The van der Waals surface area contributed by atoms with Gasteiger partial charge in [0.1, 0.15) is 30.5 Å². The number of esters is 1. The average Bonchev–Trinajstić information content (AvgIpc) is 3.07. The molecule has 9 heteroatoms. The Hall–Kier alpha value is -1.59. The maximum absolute atomic E-state index is 12.6. The summed E-state index contributed by atoms with van der Waals surface area (Å²) in [7, 11) is 0. The number of aliphatic hydroxyl groups is 4. The van der Waals surface area contributed by atoms with Crippen molar-refractivity contribution in [3.63, 3.8) is 0 Å². The molecule has 274 valence electrons. The van der Waals surface area contributed by atoms with E-state index in [0.29, 0.717) is 13.0 Å². The summed E-state index contributed by atoms with van der Waals surface area (Å²) in [6.45, 7) is 4.37. The predicted molar refractivity (Wildman–Crippen MR) is 187 cm³/mol. The molecule has 0 amide bonds. The Bertz CT molecular complexity index is 813. The fourth-order valence-electron chi connectivity index (χ4n) is 5.29. The number of hydrogen-bond acceptors (Lipinski definition) is 9. The van der Waals surface area contributed by atoms with Gasteiger partial charge in [-0.15, -0.1) is 0 Å². The lowest BCUT2D eigenvalue weighted by atomic mass is 9.99. The summed E-state index contributed by atoms with van der Waals surface area (Å²) in [6, 6.07) is 0. The third-order valence-corrected chi connectivity index (χ3v) is 8.24. The summed E-state index contributed by atoms with van der Waals surface area (Å²) in [5, 5.41) is 39.9. The molecule has 47 heavy (non-hydrogen) atoms. The van der Waals surface area contributed by atoms with Crippen molar-refractivity contribution in [2.45, 2.75) is 173 Å². The van der Waals surface area contributed by atoms with Crippen molar-refractivity contribution in [3.05, 3.63) is 36.5 Å². The maximum Gasteiger partial charge on any atom is 0.306 e. The lowest BCUT2D eigenvalue weighted by Gasteiger charge is -2.39. The third-order valence-electron chi connectivity index (χ3n) is 8.24. The Morgan fingerprint density at radius 3 is 1.87 bits per heavy atom. The van der Waals surface area contributed by atoms with E-state index in [1.54, 1.807) is 0 Å². The highest BCUT2D eigenvalue weighted by molar-refractivity contribution is 5.69. The van der Waals surface area contributed by atoms with E-state index < -0.39 is 43.4 Å². The number of carbonyl (C=O) groups excluding carboxylic acids is 1. The summed E-state index contributed by atoms with van der Waals surface area (Å²) in [5.41, 5.74) is 0. The molecule has 1 aliphatic heterocycles. The summed E-state index contributed by atoms with van der Waals surface area (Å²) in [6.07, 6.45) is 26.0. The van der Waals surface area contributed by atoms with Gasteiger partial charge in [-0.2, -0.15) is 0 Å². The minimum atomic E-state index is -1.54. The van der Waals surface area contributed by atoms with Crippen molar-refractivity contribution in [2.75, 3.05) is 26.4 Å². The molecule has 0 aliphatic carbocycles. The molecule has 0 aromatic carbocycles. The lowest BCUT2D eigenvalue weighted by Crippen LogP contribution is -2.59. The Morgan fingerprint density at radius 1 is 0.681 bits per heavy atom. The molecule has 1 aliphatic rings.